The van der Waals surface area contributed by atoms with Gasteiger partial charge >= 0.3 is 0 Å². The van der Waals surface area contributed by atoms with Gasteiger partial charge in [-0.15, -0.1) is 0 Å². The minimum Gasteiger partial charge on any atom is -0.460 e. The molecule has 0 aromatic carbocycles. The number of rotatable bonds is 2. The number of hydrogen-bond acceptors (Lipinski definition) is 4. The zero-order chi connectivity index (χ0) is 11.7. The Balaban J connectivity index is 1.82. The average Bonchev–Trinajstić information content (AvgIpc) is 2.98. The van der Waals surface area contributed by atoms with Crippen LogP contribution in [0.1, 0.15) is 5.76 Å². The van der Waals surface area contributed by atoms with E-state index in [1.807, 2.05) is 25.1 Å². The number of hydrogen-bond donors (Lipinski definition) is 2. The summed E-state index contributed by atoms with van der Waals surface area (Å²) in [5.74, 6) is 2.75. The van der Waals surface area contributed by atoms with Crippen molar-refractivity contribution in [1.29, 1.82) is 0 Å². The van der Waals surface area contributed by atoms with Crippen LogP contribution < -0.4 is 10.2 Å². The van der Waals surface area contributed by atoms with E-state index in [1.54, 1.807) is 0 Å². The number of aromatic amines is 1. The summed E-state index contributed by atoms with van der Waals surface area (Å²) in [5.41, 5.74) is 0.937. The topological polar surface area (TPSA) is 57.1 Å². The minimum atomic E-state index is 0.844. The standard InChI is InChI=1S/C12H16N4O/c1-9-2-3-11(17-9)10-8-12(15-14-10)16-6-4-13-5-7-16/h2-3,8,13H,4-7H2,1H3,(H,14,15). The molecule has 3 rings (SSSR count). The first kappa shape index (κ1) is 10.4. The molecule has 0 bridgehead atoms. The second kappa shape index (κ2) is 4.25. The van der Waals surface area contributed by atoms with Crippen molar-refractivity contribution in [1.82, 2.24) is 15.5 Å². The van der Waals surface area contributed by atoms with Gasteiger partial charge in [0.25, 0.3) is 0 Å². The number of anilines is 1. The van der Waals surface area contributed by atoms with E-state index < -0.39 is 0 Å². The Hall–Kier alpha value is -1.75. The highest BCUT2D eigenvalue weighted by atomic mass is 16.3. The Morgan fingerprint density at radius 1 is 1.29 bits per heavy atom. The zero-order valence-corrected chi connectivity index (χ0v) is 9.86. The second-order valence-electron chi connectivity index (χ2n) is 4.29. The van der Waals surface area contributed by atoms with E-state index >= 15 is 0 Å². The molecule has 1 aliphatic heterocycles. The maximum Gasteiger partial charge on any atom is 0.152 e. The lowest BCUT2D eigenvalue weighted by molar-refractivity contribution is 0.546. The van der Waals surface area contributed by atoms with Crippen molar-refractivity contribution in [3.8, 4) is 11.5 Å². The van der Waals surface area contributed by atoms with Gasteiger partial charge in [0.05, 0.1) is 0 Å². The van der Waals surface area contributed by atoms with Crippen molar-refractivity contribution in [2.24, 2.45) is 0 Å². The SMILES string of the molecule is Cc1ccc(-c2cc(N3CCNCC3)n[nH]2)o1. The molecule has 0 spiro atoms. The van der Waals surface area contributed by atoms with Crippen LogP contribution in [0.25, 0.3) is 11.5 Å². The highest BCUT2D eigenvalue weighted by molar-refractivity contribution is 5.58. The molecule has 5 nitrogen and oxygen atoms in total. The molecule has 0 saturated carbocycles. The van der Waals surface area contributed by atoms with Gasteiger partial charge in [-0.2, -0.15) is 5.10 Å². The largest absolute Gasteiger partial charge is 0.460 e. The van der Waals surface area contributed by atoms with Gasteiger partial charge in [0, 0.05) is 32.2 Å². The molecule has 1 saturated heterocycles. The first-order valence-electron chi connectivity index (χ1n) is 5.91. The Labute approximate surface area is 99.8 Å². The maximum atomic E-state index is 5.57. The monoisotopic (exact) mass is 232 g/mol. The normalized spacial score (nSPS) is 16.4. The summed E-state index contributed by atoms with van der Waals surface area (Å²) in [4.78, 5) is 2.27. The number of furan rings is 1. The van der Waals surface area contributed by atoms with Gasteiger partial charge in [-0.1, -0.05) is 0 Å². The lowest BCUT2D eigenvalue weighted by atomic mass is 10.3. The molecule has 0 unspecified atom stereocenters. The average molecular weight is 232 g/mol. The molecule has 1 aliphatic rings. The summed E-state index contributed by atoms with van der Waals surface area (Å²) < 4.78 is 5.57. The third kappa shape index (κ3) is 2.06. The zero-order valence-electron chi connectivity index (χ0n) is 9.86. The molecule has 90 valence electrons. The number of nitrogens with zero attached hydrogens (tertiary/aromatic N) is 2. The number of nitrogens with one attached hydrogen (secondary N) is 2. The van der Waals surface area contributed by atoms with Crippen LogP contribution in [0.15, 0.2) is 22.6 Å². The van der Waals surface area contributed by atoms with E-state index in [4.69, 9.17) is 4.42 Å². The summed E-state index contributed by atoms with van der Waals surface area (Å²) in [5, 5.41) is 10.7. The number of aryl methyl sites for hydroxylation is 1. The van der Waals surface area contributed by atoms with E-state index in [-0.39, 0.29) is 0 Å². The predicted molar refractivity (Wildman–Crippen MR) is 66.1 cm³/mol. The van der Waals surface area contributed by atoms with Crippen LogP contribution in [0.5, 0.6) is 0 Å². The summed E-state index contributed by atoms with van der Waals surface area (Å²) in [6.07, 6.45) is 0. The molecular formula is C12H16N4O. The van der Waals surface area contributed by atoms with Crippen molar-refractivity contribution >= 4 is 5.82 Å². The van der Waals surface area contributed by atoms with Crippen molar-refractivity contribution < 1.29 is 4.42 Å². The highest BCUT2D eigenvalue weighted by Crippen LogP contribution is 2.23. The van der Waals surface area contributed by atoms with E-state index in [2.05, 4.69) is 20.4 Å². The Morgan fingerprint density at radius 2 is 2.12 bits per heavy atom. The minimum absolute atomic E-state index is 0.844. The van der Waals surface area contributed by atoms with Gasteiger partial charge in [0.1, 0.15) is 11.5 Å². The van der Waals surface area contributed by atoms with Gasteiger partial charge in [0.15, 0.2) is 11.6 Å². The molecule has 0 radical (unpaired) electrons. The molecule has 5 heteroatoms. The molecule has 17 heavy (non-hydrogen) atoms. The maximum absolute atomic E-state index is 5.57. The van der Waals surface area contributed by atoms with E-state index in [0.717, 1.165) is 49.2 Å². The molecule has 1 fully saturated rings. The first-order valence-corrected chi connectivity index (χ1v) is 5.91. The summed E-state index contributed by atoms with van der Waals surface area (Å²) >= 11 is 0. The van der Waals surface area contributed by atoms with Crippen LogP contribution in [-0.2, 0) is 0 Å². The fourth-order valence-corrected chi connectivity index (χ4v) is 2.07. The van der Waals surface area contributed by atoms with Crippen molar-refractivity contribution in [3.05, 3.63) is 24.0 Å². The molecule has 2 aromatic heterocycles. The summed E-state index contributed by atoms with van der Waals surface area (Å²) in [7, 11) is 0. The lowest BCUT2D eigenvalue weighted by Crippen LogP contribution is -2.43. The van der Waals surface area contributed by atoms with Crippen LogP contribution in [-0.4, -0.2) is 36.4 Å². The van der Waals surface area contributed by atoms with Gasteiger partial charge in [0.2, 0.25) is 0 Å². The van der Waals surface area contributed by atoms with Crippen LogP contribution in [0, 0.1) is 6.92 Å². The third-order valence-electron chi connectivity index (χ3n) is 3.01. The van der Waals surface area contributed by atoms with Crippen molar-refractivity contribution in [3.63, 3.8) is 0 Å². The number of H-pyrrole nitrogens is 1. The van der Waals surface area contributed by atoms with Gasteiger partial charge in [-0.25, -0.2) is 0 Å². The van der Waals surface area contributed by atoms with Crippen molar-refractivity contribution in [2.75, 3.05) is 31.1 Å². The smallest absolute Gasteiger partial charge is 0.152 e. The van der Waals surface area contributed by atoms with Crippen LogP contribution >= 0.6 is 0 Å². The third-order valence-corrected chi connectivity index (χ3v) is 3.01. The van der Waals surface area contributed by atoms with Crippen molar-refractivity contribution in [2.45, 2.75) is 6.92 Å². The second-order valence-corrected chi connectivity index (χ2v) is 4.29. The van der Waals surface area contributed by atoms with Gasteiger partial charge in [-0.05, 0) is 19.1 Å². The lowest BCUT2D eigenvalue weighted by Gasteiger charge is -2.26. The van der Waals surface area contributed by atoms with Crippen LogP contribution in [0.2, 0.25) is 0 Å². The molecule has 3 heterocycles. The molecule has 0 atom stereocenters. The Kier molecular flexibility index (Phi) is 2.60. The van der Waals surface area contributed by atoms with Crippen LogP contribution in [0.4, 0.5) is 5.82 Å². The van der Waals surface area contributed by atoms with Gasteiger partial charge in [-0.3, -0.25) is 5.10 Å². The Bertz CT molecular complexity index is 496. The van der Waals surface area contributed by atoms with Crippen LogP contribution in [0.3, 0.4) is 0 Å². The predicted octanol–water partition coefficient (Wildman–Crippen LogP) is 1.39. The summed E-state index contributed by atoms with van der Waals surface area (Å²) in [6, 6.07) is 5.97. The Morgan fingerprint density at radius 3 is 2.82 bits per heavy atom. The fraction of sp³-hybridized carbons (Fsp3) is 0.417. The molecule has 2 aromatic rings. The van der Waals surface area contributed by atoms with Gasteiger partial charge < -0.3 is 14.6 Å². The fourth-order valence-electron chi connectivity index (χ4n) is 2.07. The molecule has 0 amide bonds. The molecule has 0 aliphatic carbocycles. The molecule has 2 N–H and O–H groups in total. The number of piperazine rings is 1. The first-order chi connectivity index (χ1) is 8.33. The number of aromatic nitrogens is 2. The molecular weight excluding hydrogens is 216 g/mol. The highest BCUT2D eigenvalue weighted by Gasteiger charge is 2.14. The van der Waals surface area contributed by atoms with E-state index in [1.165, 1.54) is 0 Å². The van der Waals surface area contributed by atoms with E-state index in [0.29, 0.717) is 0 Å². The summed E-state index contributed by atoms with van der Waals surface area (Å²) in [6.45, 7) is 5.98. The quantitative estimate of drug-likeness (QED) is 0.821. The van der Waals surface area contributed by atoms with E-state index in [9.17, 15) is 0 Å².